The van der Waals surface area contributed by atoms with Crippen LogP contribution in [-0.4, -0.2) is 25.2 Å². The summed E-state index contributed by atoms with van der Waals surface area (Å²) in [6, 6.07) is 11.3. The van der Waals surface area contributed by atoms with Crippen molar-refractivity contribution in [3.05, 3.63) is 42.5 Å². The first-order valence-electron chi connectivity index (χ1n) is 8.28. The molecule has 138 valence electrons. The van der Waals surface area contributed by atoms with Crippen molar-refractivity contribution in [2.24, 2.45) is 0 Å². The SMILES string of the molecule is CCOc1ccc(NC(=O)Nc2cccc(OC(C)=O)c2)cc1OCC. The molecule has 2 aromatic carbocycles. The van der Waals surface area contributed by atoms with E-state index < -0.39 is 12.0 Å². The number of hydrogen-bond donors (Lipinski definition) is 2. The molecule has 0 atom stereocenters. The van der Waals surface area contributed by atoms with Crippen molar-refractivity contribution in [3.8, 4) is 17.2 Å². The van der Waals surface area contributed by atoms with Crippen LogP contribution in [-0.2, 0) is 4.79 Å². The Labute approximate surface area is 152 Å². The van der Waals surface area contributed by atoms with Gasteiger partial charge in [-0.2, -0.15) is 0 Å². The van der Waals surface area contributed by atoms with Crippen LogP contribution in [0.2, 0.25) is 0 Å². The first kappa shape index (κ1) is 19.1. The fourth-order valence-electron chi connectivity index (χ4n) is 2.23. The van der Waals surface area contributed by atoms with E-state index in [1.165, 1.54) is 6.92 Å². The molecule has 0 spiro atoms. The van der Waals surface area contributed by atoms with E-state index >= 15 is 0 Å². The predicted molar refractivity (Wildman–Crippen MR) is 99.2 cm³/mol. The van der Waals surface area contributed by atoms with E-state index in [2.05, 4.69) is 10.6 Å². The summed E-state index contributed by atoms with van der Waals surface area (Å²) in [5.41, 5.74) is 1.06. The van der Waals surface area contributed by atoms with E-state index in [-0.39, 0.29) is 0 Å². The Morgan fingerprint density at radius 2 is 1.54 bits per heavy atom. The molecule has 7 nitrogen and oxygen atoms in total. The maximum Gasteiger partial charge on any atom is 0.323 e. The van der Waals surface area contributed by atoms with E-state index in [0.29, 0.717) is 41.8 Å². The van der Waals surface area contributed by atoms with E-state index in [0.717, 1.165) is 0 Å². The molecule has 0 aromatic heterocycles. The molecule has 0 aliphatic heterocycles. The second-order valence-corrected chi connectivity index (χ2v) is 5.23. The molecule has 26 heavy (non-hydrogen) atoms. The monoisotopic (exact) mass is 358 g/mol. The zero-order valence-corrected chi connectivity index (χ0v) is 15.0. The molecule has 0 aliphatic carbocycles. The molecule has 2 amide bonds. The quantitative estimate of drug-likeness (QED) is 0.576. The Morgan fingerprint density at radius 1 is 0.885 bits per heavy atom. The topological polar surface area (TPSA) is 85.9 Å². The van der Waals surface area contributed by atoms with E-state index in [1.54, 1.807) is 42.5 Å². The standard InChI is InChI=1S/C19H22N2O5/c1-4-24-17-10-9-15(12-18(17)25-5-2)21-19(23)20-14-7-6-8-16(11-14)26-13(3)22/h6-12H,4-5H2,1-3H3,(H2,20,21,23). The van der Waals surface area contributed by atoms with Gasteiger partial charge in [0, 0.05) is 30.4 Å². The van der Waals surface area contributed by atoms with Crippen molar-refractivity contribution >= 4 is 23.4 Å². The average Bonchev–Trinajstić information content (AvgIpc) is 2.57. The Kier molecular flexibility index (Phi) is 6.84. The van der Waals surface area contributed by atoms with Crippen LogP contribution in [0.15, 0.2) is 42.5 Å². The number of carbonyl (C=O) groups excluding carboxylic acids is 2. The third kappa shape index (κ3) is 5.70. The maximum atomic E-state index is 12.2. The van der Waals surface area contributed by atoms with Gasteiger partial charge >= 0.3 is 12.0 Å². The van der Waals surface area contributed by atoms with Crippen LogP contribution < -0.4 is 24.8 Å². The molecule has 0 fully saturated rings. The van der Waals surface area contributed by atoms with Gasteiger partial charge in [-0.1, -0.05) is 6.07 Å². The summed E-state index contributed by atoms with van der Waals surface area (Å²) in [5, 5.41) is 5.41. The van der Waals surface area contributed by atoms with Crippen LogP contribution in [0.3, 0.4) is 0 Å². The summed E-state index contributed by atoms with van der Waals surface area (Å²) in [5.74, 6) is 1.11. The van der Waals surface area contributed by atoms with Gasteiger partial charge in [-0.15, -0.1) is 0 Å². The summed E-state index contributed by atoms with van der Waals surface area (Å²) in [7, 11) is 0. The number of hydrogen-bond acceptors (Lipinski definition) is 5. The van der Waals surface area contributed by atoms with E-state index in [9.17, 15) is 9.59 Å². The summed E-state index contributed by atoms with van der Waals surface area (Å²) < 4.78 is 16.0. The van der Waals surface area contributed by atoms with Crippen LogP contribution in [0.1, 0.15) is 20.8 Å². The summed E-state index contributed by atoms with van der Waals surface area (Å²) in [4.78, 5) is 23.2. The molecule has 0 saturated carbocycles. The Morgan fingerprint density at radius 3 is 2.19 bits per heavy atom. The second-order valence-electron chi connectivity index (χ2n) is 5.23. The highest BCUT2D eigenvalue weighted by Gasteiger charge is 2.09. The molecular weight excluding hydrogens is 336 g/mol. The van der Waals surface area contributed by atoms with Gasteiger partial charge in [0.2, 0.25) is 0 Å². The highest BCUT2D eigenvalue weighted by Crippen LogP contribution is 2.30. The molecule has 0 unspecified atom stereocenters. The highest BCUT2D eigenvalue weighted by atomic mass is 16.5. The van der Waals surface area contributed by atoms with Crippen molar-refractivity contribution in [2.75, 3.05) is 23.8 Å². The van der Waals surface area contributed by atoms with Crippen LogP contribution in [0.5, 0.6) is 17.2 Å². The molecule has 2 N–H and O–H groups in total. The highest BCUT2D eigenvalue weighted by molar-refractivity contribution is 6.00. The van der Waals surface area contributed by atoms with E-state index in [1.807, 2.05) is 13.8 Å². The van der Waals surface area contributed by atoms with Gasteiger partial charge in [0.25, 0.3) is 0 Å². The zero-order chi connectivity index (χ0) is 18.9. The number of esters is 1. The minimum Gasteiger partial charge on any atom is -0.490 e. The number of benzene rings is 2. The first-order valence-corrected chi connectivity index (χ1v) is 8.28. The van der Waals surface area contributed by atoms with Crippen molar-refractivity contribution < 1.29 is 23.8 Å². The van der Waals surface area contributed by atoms with Crippen molar-refractivity contribution in [1.29, 1.82) is 0 Å². The van der Waals surface area contributed by atoms with Gasteiger partial charge < -0.3 is 24.8 Å². The number of urea groups is 1. The van der Waals surface area contributed by atoms with Gasteiger partial charge in [-0.3, -0.25) is 4.79 Å². The molecule has 0 bridgehead atoms. The number of nitrogens with one attached hydrogen (secondary N) is 2. The smallest absolute Gasteiger partial charge is 0.323 e. The summed E-state index contributed by atoms with van der Waals surface area (Å²) >= 11 is 0. The zero-order valence-electron chi connectivity index (χ0n) is 15.0. The molecule has 0 heterocycles. The molecule has 2 aromatic rings. The van der Waals surface area contributed by atoms with Crippen LogP contribution in [0, 0.1) is 0 Å². The lowest BCUT2D eigenvalue weighted by atomic mass is 10.2. The van der Waals surface area contributed by atoms with Crippen molar-refractivity contribution in [1.82, 2.24) is 0 Å². The largest absolute Gasteiger partial charge is 0.490 e. The molecule has 0 aliphatic rings. The number of amides is 2. The predicted octanol–water partition coefficient (Wildman–Crippen LogP) is 4.05. The van der Waals surface area contributed by atoms with Gasteiger partial charge in [0.15, 0.2) is 11.5 Å². The van der Waals surface area contributed by atoms with Crippen molar-refractivity contribution in [2.45, 2.75) is 20.8 Å². The first-order chi connectivity index (χ1) is 12.5. The van der Waals surface area contributed by atoms with Crippen LogP contribution in [0.4, 0.5) is 16.2 Å². The number of anilines is 2. The summed E-state index contributed by atoms with van der Waals surface area (Å²) in [6.07, 6.45) is 0. The lowest BCUT2D eigenvalue weighted by molar-refractivity contribution is -0.131. The Balaban J connectivity index is 2.05. The third-order valence-corrected chi connectivity index (χ3v) is 3.15. The third-order valence-electron chi connectivity index (χ3n) is 3.15. The molecule has 0 saturated heterocycles. The molecular formula is C19H22N2O5. The molecule has 0 radical (unpaired) electrons. The second kappa shape index (κ2) is 9.31. The Bertz CT molecular complexity index is 776. The van der Waals surface area contributed by atoms with Gasteiger partial charge in [0.1, 0.15) is 5.75 Å². The van der Waals surface area contributed by atoms with E-state index in [4.69, 9.17) is 14.2 Å². The van der Waals surface area contributed by atoms with Crippen molar-refractivity contribution in [3.63, 3.8) is 0 Å². The lowest BCUT2D eigenvalue weighted by Crippen LogP contribution is -2.19. The van der Waals surface area contributed by atoms with Gasteiger partial charge in [-0.25, -0.2) is 4.79 Å². The minimum absolute atomic E-state index is 0.356. The molecule has 2 rings (SSSR count). The van der Waals surface area contributed by atoms with Crippen LogP contribution in [0.25, 0.3) is 0 Å². The normalized spacial score (nSPS) is 9.96. The molecule has 7 heteroatoms. The minimum atomic E-state index is -0.434. The number of ether oxygens (including phenoxy) is 3. The lowest BCUT2D eigenvalue weighted by Gasteiger charge is -2.13. The maximum absolute atomic E-state index is 12.2. The average molecular weight is 358 g/mol. The van der Waals surface area contributed by atoms with Crippen LogP contribution >= 0.6 is 0 Å². The van der Waals surface area contributed by atoms with Gasteiger partial charge in [-0.05, 0) is 38.1 Å². The fourth-order valence-corrected chi connectivity index (χ4v) is 2.23. The number of carbonyl (C=O) groups is 2. The number of rotatable bonds is 7. The fraction of sp³-hybridized carbons (Fsp3) is 0.263. The summed E-state index contributed by atoms with van der Waals surface area (Å²) in [6.45, 7) is 6.08. The van der Waals surface area contributed by atoms with Gasteiger partial charge in [0.05, 0.1) is 13.2 Å². The Hall–Kier alpha value is -3.22.